The number of amidine groups is 2. The van der Waals surface area contributed by atoms with Gasteiger partial charge >= 0.3 is 0 Å². The summed E-state index contributed by atoms with van der Waals surface area (Å²) in [4.78, 5) is 18.9. The van der Waals surface area contributed by atoms with Crippen molar-refractivity contribution in [1.82, 2.24) is 9.47 Å². The summed E-state index contributed by atoms with van der Waals surface area (Å²) in [5.41, 5.74) is 8.66. The maximum atomic E-state index is 12.9. The molecule has 0 radical (unpaired) electrons. The van der Waals surface area contributed by atoms with Crippen LogP contribution in [-0.2, 0) is 4.79 Å². The van der Waals surface area contributed by atoms with E-state index < -0.39 is 0 Å². The van der Waals surface area contributed by atoms with E-state index >= 15 is 0 Å². The fourth-order valence-electron chi connectivity index (χ4n) is 4.48. The Morgan fingerprint density at radius 1 is 0.970 bits per heavy atom. The second-order valence-corrected chi connectivity index (χ2v) is 9.27. The highest BCUT2D eigenvalue weighted by Crippen LogP contribution is 2.37. The Labute approximate surface area is 197 Å². The van der Waals surface area contributed by atoms with Gasteiger partial charge in [0.25, 0.3) is 5.91 Å². The molecule has 2 aromatic carbocycles. The van der Waals surface area contributed by atoms with E-state index in [-0.39, 0.29) is 11.7 Å². The van der Waals surface area contributed by atoms with E-state index in [0.29, 0.717) is 10.7 Å². The summed E-state index contributed by atoms with van der Waals surface area (Å²) >= 11 is 1.38. The van der Waals surface area contributed by atoms with Gasteiger partial charge in [-0.05, 0) is 74.2 Å². The summed E-state index contributed by atoms with van der Waals surface area (Å²) in [5, 5.41) is 11.4. The third-order valence-corrected chi connectivity index (χ3v) is 6.74. The average Bonchev–Trinajstić information content (AvgIpc) is 3.31. The lowest BCUT2D eigenvalue weighted by Gasteiger charge is -2.26. The minimum atomic E-state index is -0.377. The summed E-state index contributed by atoms with van der Waals surface area (Å²) in [5.74, 6) is -0.223. The molecule has 0 atom stereocenters. The molecule has 6 heteroatoms. The number of thioether (sulfide) groups is 1. The van der Waals surface area contributed by atoms with Crippen LogP contribution in [0.1, 0.15) is 33.6 Å². The predicted octanol–water partition coefficient (Wildman–Crippen LogP) is 6.02. The van der Waals surface area contributed by atoms with Crippen LogP contribution in [0.3, 0.4) is 0 Å². The number of carbonyl (C=O) groups is 1. The van der Waals surface area contributed by atoms with Crippen LogP contribution in [0.25, 0.3) is 17.5 Å². The molecule has 164 valence electrons. The highest BCUT2D eigenvalue weighted by Gasteiger charge is 2.36. The number of hydrogen-bond donors (Lipinski definition) is 1. The molecule has 0 saturated carbocycles. The van der Waals surface area contributed by atoms with Crippen molar-refractivity contribution in [2.45, 2.75) is 27.7 Å². The normalized spacial score (nSPS) is 16.8. The maximum absolute atomic E-state index is 12.9. The van der Waals surface area contributed by atoms with Gasteiger partial charge in [-0.1, -0.05) is 48.2 Å². The minimum Gasteiger partial charge on any atom is -0.318 e. The first kappa shape index (κ1) is 21.2. The zero-order valence-electron chi connectivity index (χ0n) is 19.0. The Morgan fingerprint density at radius 2 is 1.67 bits per heavy atom. The summed E-state index contributed by atoms with van der Waals surface area (Å²) in [6, 6.07) is 18.4. The molecule has 2 aliphatic heterocycles. The molecule has 5 rings (SSSR count). The molecule has 0 aliphatic carbocycles. The van der Waals surface area contributed by atoms with Crippen LogP contribution in [0.4, 0.5) is 0 Å². The van der Waals surface area contributed by atoms with Gasteiger partial charge in [0, 0.05) is 22.5 Å². The van der Waals surface area contributed by atoms with Crippen molar-refractivity contribution in [1.29, 1.82) is 5.41 Å². The number of nitrogens with one attached hydrogen (secondary N) is 1. The molecule has 0 saturated heterocycles. The van der Waals surface area contributed by atoms with Gasteiger partial charge in [-0.15, -0.1) is 0 Å². The molecule has 0 fully saturated rings. The van der Waals surface area contributed by atoms with Crippen molar-refractivity contribution in [2.75, 3.05) is 0 Å². The number of fused-ring (bicyclic) bond motifs is 1. The zero-order valence-corrected chi connectivity index (χ0v) is 19.8. The molecule has 1 N–H and O–H groups in total. The number of carbonyl (C=O) groups excluding carboxylic acids is 1. The van der Waals surface area contributed by atoms with Crippen molar-refractivity contribution in [3.05, 3.63) is 99.2 Å². The highest BCUT2D eigenvalue weighted by atomic mass is 32.2. The van der Waals surface area contributed by atoms with Gasteiger partial charge in [0.2, 0.25) is 0 Å². The smallest absolute Gasteiger partial charge is 0.283 e. The molecule has 1 aromatic heterocycles. The molecule has 3 aromatic rings. The Kier molecular flexibility index (Phi) is 5.17. The Balaban J connectivity index is 1.56. The molecule has 33 heavy (non-hydrogen) atoms. The standard InChI is InChI=1S/C27H24N4OS/c1-16-10-17(2)12-22(11-16)30-18(3)13-21(19(30)4)14-23-25(28)31-24(20-8-6-5-7-9-20)15-33-27(31)29-26(23)32/h5-15,28H,1-4H3. The summed E-state index contributed by atoms with van der Waals surface area (Å²) < 4.78 is 2.19. The number of nitrogens with zero attached hydrogens (tertiary/aromatic N) is 3. The molecule has 0 spiro atoms. The fraction of sp³-hybridized carbons (Fsp3) is 0.148. The monoisotopic (exact) mass is 452 g/mol. The van der Waals surface area contributed by atoms with Crippen molar-refractivity contribution in [3.8, 4) is 5.69 Å². The highest BCUT2D eigenvalue weighted by molar-refractivity contribution is 8.17. The molecule has 0 bridgehead atoms. The molecule has 3 heterocycles. The number of amides is 1. The summed E-state index contributed by atoms with van der Waals surface area (Å²) in [6.45, 7) is 8.29. The van der Waals surface area contributed by atoms with Gasteiger partial charge < -0.3 is 4.57 Å². The quantitative estimate of drug-likeness (QED) is 0.495. The Morgan fingerprint density at radius 3 is 2.36 bits per heavy atom. The molecule has 5 nitrogen and oxygen atoms in total. The number of aryl methyl sites for hydroxylation is 3. The Hall–Kier alpha value is -3.64. The first-order valence-electron chi connectivity index (χ1n) is 10.8. The van der Waals surface area contributed by atoms with Gasteiger partial charge in [0.15, 0.2) is 5.17 Å². The van der Waals surface area contributed by atoms with Crippen LogP contribution in [0.5, 0.6) is 0 Å². The number of rotatable bonds is 3. The molecule has 2 aliphatic rings. The van der Waals surface area contributed by atoms with Gasteiger partial charge in [-0.25, -0.2) is 0 Å². The number of hydrogen-bond acceptors (Lipinski definition) is 3. The maximum Gasteiger partial charge on any atom is 0.283 e. The second kappa shape index (κ2) is 8.05. The lowest BCUT2D eigenvalue weighted by Crippen LogP contribution is -2.38. The third-order valence-electron chi connectivity index (χ3n) is 5.92. The van der Waals surface area contributed by atoms with Gasteiger partial charge in [0.05, 0.1) is 11.3 Å². The molecule has 1 amide bonds. The largest absolute Gasteiger partial charge is 0.318 e. The number of aromatic nitrogens is 1. The van der Waals surface area contributed by atoms with Crippen LogP contribution in [-0.4, -0.2) is 26.4 Å². The van der Waals surface area contributed by atoms with E-state index in [4.69, 9.17) is 5.41 Å². The van der Waals surface area contributed by atoms with Crippen LogP contribution < -0.4 is 0 Å². The molecular formula is C27H24N4OS. The third kappa shape index (κ3) is 3.66. The lowest BCUT2D eigenvalue weighted by molar-refractivity contribution is -0.114. The molecular weight excluding hydrogens is 428 g/mol. The SMILES string of the molecule is Cc1cc(C)cc(-n2c(C)cc(C=C3C(=N)N4C(c5ccccc5)=CSC4=NC3=O)c2C)c1. The van der Waals surface area contributed by atoms with E-state index in [9.17, 15) is 4.79 Å². The second-order valence-electron chi connectivity index (χ2n) is 8.44. The van der Waals surface area contributed by atoms with Crippen LogP contribution in [0.2, 0.25) is 0 Å². The van der Waals surface area contributed by atoms with E-state index in [2.05, 4.69) is 54.6 Å². The van der Waals surface area contributed by atoms with E-state index in [1.54, 1.807) is 11.0 Å². The summed E-state index contributed by atoms with van der Waals surface area (Å²) in [6.07, 6.45) is 1.80. The van der Waals surface area contributed by atoms with Crippen molar-refractivity contribution in [2.24, 2.45) is 4.99 Å². The van der Waals surface area contributed by atoms with Gasteiger partial charge in [-0.3, -0.25) is 15.1 Å². The number of aliphatic imine (C=N–C) groups is 1. The van der Waals surface area contributed by atoms with E-state index in [1.165, 1.54) is 22.9 Å². The predicted molar refractivity (Wildman–Crippen MR) is 137 cm³/mol. The van der Waals surface area contributed by atoms with Crippen LogP contribution in [0.15, 0.2) is 70.6 Å². The minimum absolute atomic E-state index is 0.154. The fourth-order valence-corrected chi connectivity index (χ4v) is 5.37. The number of benzene rings is 2. The Bertz CT molecular complexity index is 1390. The van der Waals surface area contributed by atoms with Crippen molar-refractivity contribution < 1.29 is 4.79 Å². The van der Waals surface area contributed by atoms with Crippen LogP contribution >= 0.6 is 11.8 Å². The van der Waals surface area contributed by atoms with E-state index in [1.807, 2.05) is 42.7 Å². The van der Waals surface area contributed by atoms with Gasteiger partial charge in [0.1, 0.15) is 5.84 Å². The average molecular weight is 453 g/mol. The lowest BCUT2D eigenvalue weighted by atomic mass is 10.1. The van der Waals surface area contributed by atoms with Crippen LogP contribution in [0, 0.1) is 33.1 Å². The first-order valence-corrected chi connectivity index (χ1v) is 11.6. The first-order chi connectivity index (χ1) is 15.8. The zero-order chi connectivity index (χ0) is 23.3. The van der Waals surface area contributed by atoms with Gasteiger partial charge in [-0.2, -0.15) is 4.99 Å². The topological polar surface area (TPSA) is 61.5 Å². The van der Waals surface area contributed by atoms with Crippen molar-refractivity contribution in [3.63, 3.8) is 0 Å². The molecule has 0 unspecified atom stereocenters. The van der Waals surface area contributed by atoms with Crippen molar-refractivity contribution >= 4 is 40.4 Å². The van der Waals surface area contributed by atoms with E-state index in [0.717, 1.165) is 33.9 Å². The summed E-state index contributed by atoms with van der Waals surface area (Å²) in [7, 11) is 0.